The number of ether oxygens (including phenoxy) is 1. The number of hydrogen-bond acceptors (Lipinski definition) is 4. The molecule has 160 valence electrons. The first kappa shape index (κ1) is 20.2. The number of carbonyl (C=O) groups is 2. The summed E-state index contributed by atoms with van der Waals surface area (Å²) in [7, 11) is 0. The molecule has 1 saturated carbocycles. The largest absolute Gasteiger partial charge is 0.439 e. The average molecular weight is 422 g/mol. The summed E-state index contributed by atoms with van der Waals surface area (Å²) in [6, 6.07) is 5.16. The minimum Gasteiger partial charge on any atom is -0.439 e. The molecule has 2 amide bonds. The van der Waals surface area contributed by atoms with Crippen molar-refractivity contribution in [2.75, 3.05) is 23.0 Å². The number of alkyl halides is 3. The van der Waals surface area contributed by atoms with Crippen LogP contribution in [0.3, 0.4) is 0 Å². The lowest BCUT2D eigenvalue weighted by atomic mass is 10.0. The van der Waals surface area contributed by atoms with Crippen LogP contribution in [0.1, 0.15) is 32.7 Å². The molecule has 2 heterocycles. The summed E-state index contributed by atoms with van der Waals surface area (Å²) in [4.78, 5) is 27.3. The average Bonchev–Trinajstić information content (AvgIpc) is 3.41. The Hall–Kier alpha value is -3.04. The molecule has 2 aliphatic rings. The fraction of sp³-hybridized carbons (Fsp3) is 0.450. The van der Waals surface area contributed by atoms with Crippen molar-refractivity contribution in [1.82, 2.24) is 9.78 Å². The number of fused-ring (bicyclic) bond motifs is 1. The topological polar surface area (TPSA) is 67.7 Å². The van der Waals surface area contributed by atoms with Gasteiger partial charge in [-0.3, -0.25) is 14.4 Å². The second kappa shape index (κ2) is 7.33. The van der Waals surface area contributed by atoms with Crippen molar-refractivity contribution in [3.63, 3.8) is 0 Å². The zero-order valence-corrected chi connectivity index (χ0v) is 16.5. The fourth-order valence-corrected chi connectivity index (χ4v) is 3.70. The third-order valence-electron chi connectivity index (χ3n) is 5.19. The van der Waals surface area contributed by atoms with Gasteiger partial charge in [-0.25, -0.2) is 4.79 Å². The van der Waals surface area contributed by atoms with Crippen LogP contribution in [0, 0.1) is 0 Å². The molecule has 7 nitrogen and oxygen atoms in total. The number of hydrogen-bond donors (Lipinski definition) is 0. The van der Waals surface area contributed by atoms with Crippen LogP contribution in [0.4, 0.5) is 29.3 Å². The lowest BCUT2D eigenvalue weighted by Crippen LogP contribution is -2.51. The number of benzene rings is 1. The van der Waals surface area contributed by atoms with E-state index in [0.29, 0.717) is 17.4 Å². The lowest BCUT2D eigenvalue weighted by Gasteiger charge is -2.40. The van der Waals surface area contributed by atoms with Gasteiger partial charge in [-0.1, -0.05) is 6.07 Å². The summed E-state index contributed by atoms with van der Waals surface area (Å²) in [5.74, 6) is -0.221. The molecule has 4 rings (SSSR count). The SMILES string of the molecule is CC(=O)N1c2ccc(-c3cnn(C4CC4)c3)cc2N(C(=O)OCC(F)(F)F)C[C@@H]1C. The van der Waals surface area contributed by atoms with E-state index >= 15 is 0 Å². The van der Waals surface area contributed by atoms with Gasteiger partial charge < -0.3 is 9.64 Å². The van der Waals surface area contributed by atoms with Gasteiger partial charge in [-0.2, -0.15) is 18.3 Å². The van der Waals surface area contributed by atoms with E-state index in [-0.39, 0.29) is 12.5 Å². The highest BCUT2D eigenvalue weighted by Gasteiger charge is 2.37. The predicted molar refractivity (Wildman–Crippen MR) is 103 cm³/mol. The second-order valence-corrected chi connectivity index (χ2v) is 7.66. The molecule has 30 heavy (non-hydrogen) atoms. The van der Waals surface area contributed by atoms with Crippen LogP contribution in [0.15, 0.2) is 30.6 Å². The van der Waals surface area contributed by atoms with E-state index in [2.05, 4.69) is 9.84 Å². The normalized spacial score (nSPS) is 18.9. The quantitative estimate of drug-likeness (QED) is 0.746. The molecule has 1 aliphatic carbocycles. The van der Waals surface area contributed by atoms with Crippen molar-refractivity contribution in [3.8, 4) is 11.1 Å². The van der Waals surface area contributed by atoms with E-state index < -0.39 is 24.9 Å². The molecule has 2 aromatic rings. The molecule has 0 saturated heterocycles. The van der Waals surface area contributed by atoms with Gasteiger partial charge in [0.1, 0.15) is 0 Å². The molecule has 1 fully saturated rings. The van der Waals surface area contributed by atoms with Crippen molar-refractivity contribution in [2.24, 2.45) is 0 Å². The number of amides is 2. The van der Waals surface area contributed by atoms with Crippen LogP contribution in [0.5, 0.6) is 0 Å². The Labute approximate surface area is 171 Å². The maximum absolute atomic E-state index is 12.5. The van der Waals surface area contributed by atoms with Gasteiger partial charge in [0.15, 0.2) is 6.61 Å². The van der Waals surface area contributed by atoms with Gasteiger partial charge in [-0.15, -0.1) is 0 Å². The van der Waals surface area contributed by atoms with Crippen LogP contribution in [-0.2, 0) is 9.53 Å². The highest BCUT2D eigenvalue weighted by Crippen LogP contribution is 2.40. The van der Waals surface area contributed by atoms with E-state index in [4.69, 9.17) is 0 Å². The van der Waals surface area contributed by atoms with Crippen LogP contribution >= 0.6 is 0 Å². The molecule has 0 bridgehead atoms. The van der Waals surface area contributed by atoms with Gasteiger partial charge in [0.25, 0.3) is 0 Å². The first-order valence-corrected chi connectivity index (χ1v) is 9.63. The van der Waals surface area contributed by atoms with E-state index in [1.807, 2.05) is 10.9 Å². The zero-order valence-electron chi connectivity index (χ0n) is 16.5. The smallest absolute Gasteiger partial charge is 0.422 e. The zero-order chi connectivity index (χ0) is 21.6. The van der Waals surface area contributed by atoms with E-state index in [1.54, 1.807) is 31.3 Å². The summed E-state index contributed by atoms with van der Waals surface area (Å²) in [6.07, 6.45) is 0.0466. The maximum Gasteiger partial charge on any atom is 0.422 e. The van der Waals surface area contributed by atoms with Gasteiger partial charge in [0.2, 0.25) is 5.91 Å². The molecule has 1 aliphatic heterocycles. The highest BCUT2D eigenvalue weighted by molar-refractivity contribution is 6.03. The molecular formula is C20H21F3N4O3. The van der Waals surface area contributed by atoms with Gasteiger partial charge >= 0.3 is 12.3 Å². The second-order valence-electron chi connectivity index (χ2n) is 7.66. The number of aromatic nitrogens is 2. The predicted octanol–water partition coefficient (Wildman–Crippen LogP) is 4.15. The van der Waals surface area contributed by atoms with Crippen LogP contribution in [0.2, 0.25) is 0 Å². The van der Waals surface area contributed by atoms with Crippen molar-refractivity contribution < 1.29 is 27.5 Å². The van der Waals surface area contributed by atoms with E-state index in [9.17, 15) is 22.8 Å². The maximum atomic E-state index is 12.5. The van der Waals surface area contributed by atoms with Crippen LogP contribution in [-0.4, -0.2) is 47.2 Å². The summed E-state index contributed by atoms with van der Waals surface area (Å²) < 4.78 is 43.9. The van der Waals surface area contributed by atoms with Crippen LogP contribution in [0.25, 0.3) is 11.1 Å². The first-order valence-electron chi connectivity index (χ1n) is 9.63. The van der Waals surface area contributed by atoms with Crippen molar-refractivity contribution in [2.45, 2.75) is 44.9 Å². The number of carbonyl (C=O) groups excluding carboxylic acids is 2. The Kier molecular flexibility index (Phi) is 4.95. The lowest BCUT2D eigenvalue weighted by molar-refractivity contribution is -0.159. The molecule has 0 spiro atoms. The highest BCUT2D eigenvalue weighted by atomic mass is 19.4. The van der Waals surface area contributed by atoms with Crippen molar-refractivity contribution in [1.29, 1.82) is 0 Å². The monoisotopic (exact) mass is 422 g/mol. The van der Waals surface area contributed by atoms with E-state index in [1.165, 1.54) is 11.8 Å². The minimum atomic E-state index is -4.62. The molecule has 0 radical (unpaired) electrons. The molecule has 0 N–H and O–H groups in total. The minimum absolute atomic E-state index is 0.0219. The summed E-state index contributed by atoms with van der Waals surface area (Å²) in [6.45, 7) is 1.48. The molecule has 1 atom stereocenters. The molecule has 1 aromatic carbocycles. The summed E-state index contributed by atoms with van der Waals surface area (Å²) in [5.41, 5.74) is 2.34. The van der Waals surface area contributed by atoms with Gasteiger partial charge in [0.05, 0.1) is 29.7 Å². The Bertz CT molecular complexity index is 984. The number of anilines is 2. The van der Waals surface area contributed by atoms with Gasteiger partial charge in [-0.05, 0) is 37.5 Å². The molecule has 0 unspecified atom stereocenters. The first-order chi connectivity index (χ1) is 14.1. The Balaban J connectivity index is 1.70. The fourth-order valence-electron chi connectivity index (χ4n) is 3.70. The van der Waals surface area contributed by atoms with E-state index in [0.717, 1.165) is 28.9 Å². The molecule has 10 heteroatoms. The summed E-state index contributed by atoms with van der Waals surface area (Å²) in [5, 5.41) is 4.35. The Morgan fingerprint density at radius 2 is 1.93 bits per heavy atom. The van der Waals surface area contributed by atoms with Crippen molar-refractivity contribution >= 4 is 23.4 Å². The Morgan fingerprint density at radius 3 is 2.57 bits per heavy atom. The third-order valence-corrected chi connectivity index (χ3v) is 5.19. The number of halogens is 3. The number of rotatable bonds is 3. The Morgan fingerprint density at radius 1 is 1.20 bits per heavy atom. The van der Waals surface area contributed by atoms with Gasteiger partial charge in [0, 0.05) is 25.2 Å². The van der Waals surface area contributed by atoms with Crippen LogP contribution < -0.4 is 9.80 Å². The third kappa shape index (κ3) is 3.99. The molecule has 1 aromatic heterocycles. The number of nitrogens with zero attached hydrogens (tertiary/aromatic N) is 4. The molecular weight excluding hydrogens is 401 g/mol. The summed E-state index contributed by atoms with van der Waals surface area (Å²) >= 11 is 0. The standard InChI is InChI=1S/C20H21F3N4O3/c1-12-9-25(19(29)30-11-20(21,22)23)18-7-14(3-6-17(18)27(12)13(2)28)15-8-24-26(10-15)16-4-5-16/h3,6-8,10,12,16H,4-5,9,11H2,1-2H3/t12-/m0/s1. The van der Waals surface area contributed by atoms with Crippen molar-refractivity contribution in [3.05, 3.63) is 30.6 Å².